The minimum absolute atomic E-state index is 0.0372. The van der Waals surface area contributed by atoms with Crippen LogP contribution in [-0.2, 0) is 17.0 Å². The third-order valence-corrected chi connectivity index (χ3v) is 6.46. The van der Waals surface area contributed by atoms with Crippen LogP contribution in [0, 0.1) is 0 Å². The maximum absolute atomic E-state index is 12.3. The molecule has 1 fully saturated rings. The Hall–Kier alpha value is -2.61. The van der Waals surface area contributed by atoms with E-state index in [0.29, 0.717) is 12.1 Å². The van der Waals surface area contributed by atoms with Crippen molar-refractivity contribution in [2.45, 2.75) is 38.1 Å². The Bertz CT molecular complexity index is 911. The molecular weight excluding hydrogens is 410 g/mol. The number of hydrogen-bond donors (Lipinski definition) is 0. The van der Waals surface area contributed by atoms with Gasteiger partial charge in [-0.25, -0.2) is 9.97 Å². The third-order valence-electron chi connectivity index (χ3n) is 5.55. The first-order chi connectivity index (χ1) is 14.9. The van der Waals surface area contributed by atoms with E-state index < -0.39 is 0 Å². The second-order valence-electron chi connectivity index (χ2n) is 7.65. The van der Waals surface area contributed by atoms with Crippen LogP contribution in [0.25, 0.3) is 0 Å². The zero-order valence-electron chi connectivity index (χ0n) is 18.8. The zero-order valence-corrected chi connectivity index (χ0v) is 19.6. The number of rotatable bonds is 7. The molecule has 1 saturated heterocycles. The summed E-state index contributed by atoms with van der Waals surface area (Å²) in [6.45, 7) is 9.38. The highest BCUT2D eigenvalue weighted by atomic mass is 32.2. The molecule has 0 atom stereocenters. The molecular formula is C23H31N5O2S. The number of hydrogen-bond acceptors (Lipinski definition) is 6. The fourth-order valence-electron chi connectivity index (χ4n) is 3.37. The molecule has 166 valence electrons. The maximum Gasteiger partial charge on any atom is 0.253 e. The van der Waals surface area contributed by atoms with Gasteiger partial charge >= 0.3 is 0 Å². The van der Waals surface area contributed by atoms with Gasteiger partial charge in [-0.1, -0.05) is 30.8 Å². The molecule has 1 aliphatic rings. The van der Waals surface area contributed by atoms with Gasteiger partial charge in [0.25, 0.3) is 5.91 Å². The maximum atomic E-state index is 12.3. The van der Waals surface area contributed by atoms with Crippen LogP contribution in [0.3, 0.4) is 0 Å². The molecule has 2 aromatic rings. The van der Waals surface area contributed by atoms with Gasteiger partial charge in [0, 0.05) is 69.8 Å². The molecule has 3 rings (SSSR count). The molecule has 0 N–H and O–H groups in total. The average molecular weight is 442 g/mol. The molecule has 1 aromatic carbocycles. The number of nitrogens with zero attached hydrogens (tertiary/aromatic N) is 5. The number of carbonyl (C=O) groups is 2. The summed E-state index contributed by atoms with van der Waals surface area (Å²) in [4.78, 5) is 39.1. The topological polar surface area (TPSA) is 69.6 Å². The lowest BCUT2D eigenvalue weighted by molar-refractivity contribution is -0.129. The number of anilines is 1. The molecule has 1 aliphatic heterocycles. The van der Waals surface area contributed by atoms with E-state index >= 15 is 0 Å². The summed E-state index contributed by atoms with van der Waals surface area (Å²) in [7, 11) is 1.81. The number of aryl methyl sites for hydroxylation is 1. The molecule has 0 spiro atoms. The summed E-state index contributed by atoms with van der Waals surface area (Å²) in [6, 6.07) is 9.81. The van der Waals surface area contributed by atoms with E-state index in [9.17, 15) is 9.59 Å². The predicted molar refractivity (Wildman–Crippen MR) is 125 cm³/mol. The Morgan fingerprint density at radius 3 is 2.32 bits per heavy atom. The first-order valence-electron chi connectivity index (χ1n) is 10.8. The molecule has 2 amide bonds. The average Bonchev–Trinajstić information content (AvgIpc) is 2.81. The van der Waals surface area contributed by atoms with Gasteiger partial charge in [-0.2, -0.15) is 0 Å². The van der Waals surface area contributed by atoms with E-state index in [1.54, 1.807) is 23.6 Å². The Morgan fingerprint density at radius 1 is 1.06 bits per heavy atom. The lowest BCUT2D eigenvalue weighted by Crippen LogP contribution is -2.48. The first-order valence-corrected chi connectivity index (χ1v) is 11.8. The van der Waals surface area contributed by atoms with Crippen LogP contribution in [-0.4, -0.2) is 71.4 Å². The van der Waals surface area contributed by atoms with Gasteiger partial charge < -0.3 is 14.7 Å². The zero-order chi connectivity index (χ0) is 22.4. The van der Waals surface area contributed by atoms with Crippen molar-refractivity contribution in [3.8, 4) is 0 Å². The van der Waals surface area contributed by atoms with Crippen LogP contribution in [0.4, 0.5) is 5.82 Å². The predicted octanol–water partition coefficient (Wildman–Crippen LogP) is 3.09. The molecule has 2 heterocycles. The normalized spacial score (nSPS) is 13.9. The Labute approximate surface area is 188 Å². The van der Waals surface area contributed by atoms with Crippen molar-refractivity contribution < 1.29 is 9.59 Å². The molecule has 31 heavy (non-hydrogen) atoms. The number of aromatic nitrogens is 2. The third kappa shape index (κ3) is 5.97. The highest BCUT2D eigenvalue weighted by Gasteiger charge is 2.20. The molecule has 0 bridgehead atoms. The quantitative estimate of drug-likeness (QED) is 0.486. The van der Waals surface area contributed by atoms with Gasteiger partial charge in [0.15, 0.2) is 5.16 Å². The summed E-state index contributed by atoms with van der Waals surface area (Å²) >= 11 is 1.60. The lowest BCUT2D eigenvalue weighted by Gasteiger charge is -2.35. The molecule has 0 aliphatic carbocycles. The first kappa shape index (κ1) is 23.1. The van der Waals surface area contributed by atoms with E-state index in [4.69, 9.17) is 4.98 Å². The lowest BCUT2D eigenvalue weighted by atomic mass is 10.1. The number of amides is 2. The molecule has 0 unspecified atom stereocenters. The fraction of sp³-hybridized carbons (Fsp3) is 0.478. The highest BCUT2D eigenvalue weighted by Crippen LogP contribution is 2.24. The Balaban J connectivity index is 1.66. The molecule has 0 radical (unpaired) electrons. The van der Waals surface area contributed by atoms with Crippen LogP contribution >= 0.6 is 11.8 Å². The summed E-state index contributed by atoms with van der Waals surface area (Å²) in [5.41, 5.74) is 2.85. The minimum atomic E-state index is 0.0372. The molecule has 7 nitrogen and oxygen atoms in total. The van der Waals surface area contributed by atoms with Gasteiger partial charge in [0.05, 0.1) is 0 Å². The summed E-state index contributed by atoms with van der Waals surface area (Å²) in [5, 5.41) is 0.759. The number of piperazine rings is 1. The van der Waals surface area contributed by atoms with Crippen LogP contribution in [0.15, 0.2) is 35.5 Å². The summed E-state index contributed by atoms with van der Waals surface area (Å²) in [5.74, 6) is 1.83. The SMILES string of the molecule is CCc1cc(N2CCN(C(C)=O)CC2)nc(SCc2ccc(C(=O)N(C)CC)cc2)n1. The van der Waals surface area contributed by atoms with Gasteiger partial charge in [0.1, 0.15) is 5.82 Å². The van der Waals surface area contributed by atoms with E-state index in [0.717, 1.165) is 60.6 Å². The van der Waals surface area contributed by atoms with Gasteiger partial charge in [-0.3, -0.25) is 9.59 Å². The van der Waals surface area contributed by atoms with Crippen LogP contribution in [0.1, 0.15) is 42.4 Å². The highest BCUT2D eigenvalue weighted by molar-refractivity contribution is 7.98. The van der Waals surface area contributed by atoms with Crippen LogP contribution in [0.5, 0.6) is 0 Å². The Kier molecular flexibility index (Phi) is 7.90. The Morgan fingerprint density at radius 2 is 1.74 bits per heavy atom. The van der Waals surface area contributed by atoms with Crippen molar-refractivity contribution in [1.82, 2.24) is 19.8 Å². The second-order valence-corrected chi connectivity index (χ2v) is 8.59. The standard InChI is InChI=1S/C23H31N5O2S/c1-5-20-15-21(28-13-11-27(12-14-28)17(3)29)25-23(24-20)31-16-18-7-9-19(10-8-18)22(30)26(4)6-2/h7-10,15H,5-6,11-14,16H2,1-4H3. The van der Waals surface area contributed by atoms with Crippen molar-refractivity contribution in [2.75, 3.05) is 44.7 Å². The van der Waals surface area contributed by atoms with Crippen molar-refractivity contribution in [3.63, 3.8) is 0 Å². The van der Waals surface area contributed by atoms with Gasteiger partial charge in [-0.05, 0) is 31.0 Å². The second kappa shape index (κ2) is 10.6. The van der Waals surface area contributed by atoms with E-state index in [-0.39, 0.29) is 11.8 Å². The molecule has 0 saturated carbocycles. The number of thioether (sulfide) groups is 1. The van der Waals surface area contributed by atoms with E-state index in [2.05, 4.69) is 22.9 Å². The van der Waals surface area contributed by atoms with Crippen LogP contribution < -0.4 is 4.90 Å². The summed E-state index contributed by atoms with van der Waals surface area (Å²) < 4.78 is 0. The smallest absolute Gasteiger partial charge is 0.253 e. The van der Waals surface area contributed by atoms with E-state index in [1.165, 1.54) is 0 Å². The summed E-state index contributed by atoms with van der Waals surface area (Å²) in [6.07, 6.45) is 0.845. The van der Waals surface area contributed by atoms with E-state index in [1.807, 2.05) is 43.1 Å². The van der Waals surface area contributed by atoms with Gasteiger partial charge in [-0.15, -0.1) is 0 Å². The van der Waals surface area contributed by atoms with Crippen molar-refractivity contribution in [3.05, 3.63) is 47.2 Å². The number of benzene rings is 1. The van der Waals surface area contributed by atoms with Crippen LogP contribution in [0.2, 0.25) is 0 Å². The number of carbonyl (C=O) groups excluding carboxylic acids is 2. The van der Waals surface area contributed by atoms with Gasteiger partial charge in [0.2, 0.25) is 5.91 Å². The van der Waals surface area contributed by atoms with Crippen molar-refractivity contribution >= 4 is 29.4 Å². The minimum Gasteiger partial charge on any atom is -0.353 e. The monoisotopic (exact) mass is 441 g/mol. The van der Waals surface area contributed by atoms with Crippen molar-refractivity contribution in [1.29, 1.82) is 0 Å². The fourth-order valence-corrected chi connectivity index (χ4v) is 4.20. The largest absolute Gasteiger partial charge is 0.353 e. The molecule has 8 heteroatoms. The molecule has 1 aromatic heterocycles. The van der Waals surface area contributed by atoms with Crippen molar-refractivity contribution in [2.24, 2.45) is 0 Å².